The number of hydrogen-bond donors (Lipinski definition) is 0. The van der Waals surface area contributed by atoms with Gasteiger partial charge in [-0.3, -0.25) is 4.79 Å². The molecule has 1 atom stereocenters. The highest BCUT2D eigenvalue weighted by atomic mass is 79.9. The number of β-lactam (4-membered cyclic amide) rings is 1. The molecule has 15 heavy (non-hydrogen) atoms. The van der Waals surface area contributed by atoms with Crippen LogP contribution in [0, 0.1) is 11.3 Å². The highest BCUT2D eigenvalue weighted by Gasteiger charge is 2.35. The Kier molecular flexibility index (Phi) is 2.74. The Labute approximate surface area is 96.4 Å². The number of halogens is 1. The number of nitrogens with zero attached hydrogens (tertiary/aromatic N) is 2. The Morgan fingerprint density at radius 3 is 3.00 bits per heavy atom. The third kappa shape index (κ3) is 2.02. The number of nitriles is 1. The van der Waals surface area contributed by atoms with E-state index in [0.717, 1.165) is 10.0 Å². The fourth-order valence-corrected chi connectivity index (χ4v) is 2.05. The van der Waals surface area contributed by atoms with Crippen LogP contribution in [-0.4, -0.2) is 16.8 Å². The van der Waals surface area contributed by atoms with Gasteiger partial charge in [-0.2, -0.15) is 5.26 Å². The molecule has 4 heteroatoms. The van der Waals surface area contributed by atoms with E-state index < -0.39 is 0 Å². The Morgan fingerprint density at radius 1 is 1.60 bits per heavy atom. The summed E-state index contributed by atoms with van der Waals surface area (Å²) in [5, 5.41) is 8.75. The van der Waals surface area contributed by atoms with Crippen molar-refractivity contribution in [1.82, 2.24) is 4.90 Å². The molecule has 3 nitrogen and oxygen atoms in total. The minimum absolute atomic E-state index is 0.0570. The normalized spacial score (nSPS) is 19.6. The SMILES string of the molecule is N#CC1CC(=O)N1Cc1cccc(Br)c1. The topological polar surface area (TPSA) is 44.1 Å². The van der Waals surface area contributed by atoms with Crippen LogP contribution in [0.1, 0.15) is 12.0 Å². The average molecular weight is 265 g/mol. The second-order valence-corrected chi connectivity index (χ2v) is 4.42. The Morgan fingerprint density at radius 2 is 2.40 bits per heavy atom. The summed E-state index contributed by atoms with van der Waals surface area (Å²) < 4.78 is 0.987. The summed E-state index contributed by atoms with van der Waals surface area (Å²) in [5.74, 6) is 0.0570. The number of rotatable bonds is 2. The molecule has 0 bridgehead atoms. The quantitative estimate of drug-likeness (QED) is 0.768. The summed E-state index contributed by atoms with van der Waals surface area (Å²) in [7, 11) is 0. The van der Waals surface area contributed by atoms with Gasteiger partial charge in [-0.1, -0.05) is 28.1 Å². The van der Waals surface area contributed by atoms with Gasteiger partial charge < -0.3 is 4.90 Å². The van der Waals surface area contributed by atoms with E-state index in [-0.39, 0.29) is 11.9 Å². The maximum Gasteiger partial charge on any atom is 0.227 e. The molecule has 0 saturated carbocycles. The fourth-order valence-electron chi connectivity index (χ4n) is 1.60. The molecule has 1 aliphatic rings. The largest absolute Gasteiger partial charge is 0.322 e. The number of carbonyl (C=O) groups excluding carboxylic acids is 1. The molecule has 0 radical (unpaired) electrons. The van der Waals surface area contributed by atoms with Crippen molar-refractivity contribution in [3.8, 4) is 6.07 Å². The third-order valence-electron chi connectivity index (χ3n) is 2.46. The zero-order valence-corrected chi connectivity index (χ0v) is 9.57. The Balaban J connectivity index is 2.09. The van der Waals surface area contributed by atoms with Crippen molar-refractivity contribution in [2.45, 2.75) is 19.0 Å². The Bertz CT molecular complexity index is 438. The molecule has 0 aromatic heterocycles. The minimum atomic E-state index is -0.239. The standard InChI is InChI=1S/C11H9BrN2O/c12-9-3-1-2-8(4-9)7-14-10(6-13)5-11(14)15/h1-4,10H,5,7H2. The lowest BCUT2D eigenvalue weighted by molar-refractivity contribution is -0.144. The highest BCUT2D eigenvalue weighted by Crippen LogP contribution is 2.22. The van der Waals surface area contributed by atoms with Crippen molar-refractivity contribution in [2.75, 3.05) is 0 Å². The highest BCUT2D eigenvalue weighted by molar-refractivity contribution is 9.10. The van der Waals surface area contributed by atoms with Gasteiger partial charge in [0.25, 0.3) is 0 Å². The molecule has 1 saturated heterocycles. The molecule has 0 N–H and O–H groups in total. The van der Waals surface area contributed by atoms with Crippen LogP contribution in [-0.2, 0) is 11.3 Å². The van der Waals surface area contributed by atoms with E-state index in [1.807, 2.05) is 24.3 Å². The van der Waals surface area contributed by atoms with E-state index in [2.05, 4.69) is 22.0 Å². The molecule has 1 aliphatic heterocycles. The van der Waals surface area contributed by atoms with Gasteiger partial charge in [-0.25, -0.2) is 0 Å². The molecule has 1 unspecified atom stereocenters. The van der Waals surface area contributed by atoms with Crippen LogP contribution in [0.15, 0.2) is 28.7 Å². The van der Waals surface area contributed by atoms with E-state index in [4.69, 9.17) is 5.26 Å². The van der Waals surface area contributed by atoms with Crippen LogP contribution < -0.4 is 0 Å². The van der Waals surface area contributed by atoms with Gasteiger partial charge in [0.15, 0.2) is 0 Å². The van der Waals surface area contributed by atoms with Crippen molar-refractivity contribution in [1.29, 1.82) is 5.26 Å². The van der Waals surface area contributed by atoms with E-state index in [1.54, 1.807) is 4.90 Å². The summed E-state index contributed by atoms with van der Waals surface area (Å²) >= 11 is 3.37. The minimum Gasteiger partial charge on any atom is -0.322 e. The van der Waals surface area contributed by atoms with Crippen LogP contribution in [0.25, 0.3) is 0 Å². The summed E-state index contributed by atoms with van der Waals surface area (Å²) in [6, 6.07) is 9.63. The first kappa shape index (κ1) is 10.2. The van der Waals surface area contributed by atoms with Gasteiger partial charge in [0.1, 0.15) is 6.04 Å². The van der Waals surface area contributed by atoms with E-state index >= 15 is 0 Å². The molecule has 1 amide bonds. The zero-order chi connectivity index (χ0) is 10.8. The van der Waals surface area contributed by atoms with E-state index in [9.17, 15) is 4.79 Å². The number of benzene rings is 1. The maximum absolute atomic E-state index is 11.3. The smallest absolute Gasteiger partial charge is 0.227 e. The molecule has 1 heterocycles. The number of amides is 1. The van der Waals surface area contributed by atoms with Crippen molar-refractivity contribution in [3.63, 3.8) is 0 Å². The van der Waals surface area contributed by atoms with Crippen molar-refractivity contribution >= 4 is 21.8 Å². The van der Waals surface area contributed by atoms with Gasteiger partial charge in [-0.05, 0) is 17.7 Å². The van der Waals surface area contributed by atoms with Crippen molar-refractivity contribution in [2.24, 2.45) is 0 Å². The summed E-state index contributed by atoms with van der Waals surface area (Å²) in [5.41, 5.74) is 1.04. The second kappa shape index (κ2) is 4.03. The molecular weight excluding hydrogens is 256 g/mol. The van der Waals surface area contributed by atoms with Gasteiger partial charge in [0, 0.05) is 11.0 Å². The molecule has 2 rings (SSSR count). The fraction of sp³-hybridized carbons (Fsp3) is 0.273. The van der Waals surface area contributed by atoms with Crippen LogP contribution >= 0.6 is 15.9 Å². The number of likely N-dealkylation sites (tertiary alicyclic amines) is 1. The molecule has 76 valence electrons. The van der Waals surface area contributed by atoms with Crippen LogP contribution in [0.5, 0.6) is 0 Å². The zero-order valence-electron chi connectivity index (χ0n) is 7.98. The molecule has 0 aliphatic carbocycles. The van der Waals surface area contributed by atoms with Crippen LogP contribution in [0.4, 0.5) is 0 Å². The maximum atomic E-state index is 11.3. The second-order valence-electron chi connectivity index (χ2n) is 3.50. The molecule has 1 aromatic carbocycles. The molecule has 0 spiro atoms. The molecule has 1 fully saturated rings. The van der Waals surface area contributed by atoms with Crippen molar-refractivity contribution in [3.05, 3.63) is 34.3 Å². The number of hydrogen-bond acceptors (Lipinski definition) is 2. The monoisotopic (exact) mass is 264 g/mol. The summed E-state index contributed by atoms with van der Waals surface area (Å²) in [4.78, 5) is 12.9. The molecular formula is C11H9BrN2O. The predicted molar refractivity (Wildman–Crippen MR) is 58.7 cm³/mol. The number of carbonyl (C=O) groups is 1. The molecule has 1 aromatic rings. The Hall–Kier alpha value is -1.34. The van der Waals surface area contributed by atoms with Crippen molar-refractivity contribution < 1.29 is 4.79 Å². The average Bonchev–Trinajstić information content (AvgIpc) is 2.22. The van der Waals surface area contributed by atoms with Crippen LogP contribution in [0.2, 0.25) is 0 Å². The predicted octanol–water partition coefficient (Wildman–Crippen LogP) is 2.07. The van der Waals surface area contributed by atoms with E-state index in [0.29, 0.717) is 13.0 Å². The first-order chi connectivity index (χ1) is 7.20. The first-order valence-corrected chi connectivity index (χ1v) is 5.43. The lowest BCUT2D eigenvalue weighted by Gasteiger charge is -2.35. The van der Waals surface area contributed by atoms with Gasteiger partial charge in [0.05, 0.1) is 12.5 Å². The van der Waals surface area contributed by atoms with Crippen LogP contribution in [0.3, 0.4) is 0 Å². The van der Waals surface area contributed by atoms with Gasteiger partial charge in [-0.15, -0.1) is 0 Å². The third-order valence-corrected chi connectivity index (χ3v) is 2.95. The summed E-state index contributed by atoms with van der Waals surface area (Å²) in [6.07, 6.45) is 0.366. The van der Waals surface area contributed by atoms with Gasteiger partial charge in [0.2, 0.25) is 5.91 Å². The lowest BCUT2D eigenvalue weighted by Crippen LogP contribution is -2.50. The first-order valence-electron chi connectivity index (χ1n) is 4.64. The lowest BCUT2D eigenvalue weighted by atomic mass is 10.0. The van der Waals surface area contributed by atoms with Gasteiger partial charge >= 0.3 is 0 Å². The summed E-state index contributed by atoms with van der Waals surface area (Å²) in [6.45, 7) is 0.524. The van der Waals surface area contributed by atoms with E-state index in [1.165, 1.54) is 0 Å².